The Kier molecular flexibility index (Phi) is 5.98. The molecule has 1 aromatic carbocycles. The lowest BCUT2D eigenvalue weighted by atomic mass is 10.1. The molecule has 0 bridgehead atoms. The van der Waals surface area contributed by atoms with Crippen molar-refractivity contribution in [3.8, 4) is 0 Å². The van der Waals surface area contributed by atoms with Crippen LogP contribution in [0.2, 0.25) is 0 Å². The first-order valence-corrected chi connectivity index (χ1v) is 6.84. The number of hydrogen-bond donors (Lipinski definition) is 2. The molecule has 22 heavy (non-hydrogen) atoms. The molecule has 0 unspecified atom stereocenters. The Morgan fingerprint density at radius 2 is 2.00 bits per heavy atom. The molecular weight excluding hydrogens is 284 g/mol. The van der Waals surface area contributed by atoms with Gasteiger partial charge in [-0.05, 0) is 38.5 Å². The molecule has 120 valence electrons. The van der Waals surface area contributed by atoms with Gasteiger partial charge in [0.25, 0.3) is 0 Å². The summed E-state index contributed by atoms with van der Waals surface area (Å²) in [5.74, 6) is -0.436. The van der Waals surface area contributed by atoms with E-state index >= 15 is 0 Å². The molecule has 0 atom stereocenters. The Labute approximate surface area is 130 Å². The molecule has 1 amide bonds. The smallest absolute Gasteiger partial charge is 0.407 e. The second-order valence-electron chi connectivity index (χ2n) is 5.62. The third kappa shape index (κ3) is 5.87. The number of nitrogen functional groups attached to an aromatic ring is 1. The van der Waals surface area contributed by atoms with Crippen LogP contribution in [0.5, 0.6) is 0 Å². The number of amides is 1. The summed E-state index contributed by atoms with van der Waals surface area (Å²) in [5, 5.41) is 2.60. The van der Waals surface area contributed by atoms with Crippen molar-refractivity contribution in [3.63, 3.8) is 0 Å². The molecule has 0 aromatic heterocycles. The summed E-state index contributed by atoms with van der Waals surface area (Å²) in [6.07, 6.45) is 3.02. The minimum absolute atomic E-state index is 0.313. The maximum absolute atomic E-state index is 11.4. The van der Waals surface area contributed by atoms with Crippen molar-refractivity contribution in [1.29, 1.82) is 0 Å². The van der Waals surface area contributed by atoms with E-state index in [2.05, 4.69) is 10.1 Å². The number of benzene rings is 1. The first kappa shape index (κ1) is 17.6. The molecule has 0 aliphatic carbocycles. The molecule has 0 heterocycles. The van der Waals surface area contributed by atoms with Gasteiger partial charge in [0.1, 0.15) is 5.60 Å². The summed E-state index contributed by atoms with van der Waals surface area (Å²) < 4.78 is 9.73. The maximum atomic E-state index is 11.4. The molecular formula is C16H22N2O4. The van der Waals surface area contributed by atoms with Gasteiger partial charge in [-0.1, -0.05) is 18.2 Å². The highest BCUT2D eigenvalue weighted by molar-refractivity contribution is 5.91. The van der Waals surface area contributed by atoms with Gasteiger partial charge in [-0.3, -0.25) is 0 Å². The molecule has 0 fully saturated rings. The molecule has 0 aliphatic rings. The standard InChI is InChI=1S/C16H22N2O4/c1-16(2,3)22-15(20)18-9-5-6-11-7-8-12(10-13(11)17)14(19)21-4/h5-8,10H,9,17H2,1-4H3,(H,18,20). The number of alkyl carbamates (subject to hydrolysis) is 1. The SMILES string of the molecule is COC(=O)c1ccc(C=CCNC(=O)OC(C)(C)C)c(N)c1. The largest absolute Gasteiger partial charge is 0.465 e. The van der Waals surface area contributed by atoms with Crippen LogP contribution in [0, 0.1) is 0 Å². The molecule has 1 aromatic rings. The van der Waals surface area contributed by atoms with Crippen LogP contribution in [0.3, 0.4) is 0 Å². The number of nitrogens with one attached hydrogen (secondary N) is 1. The summed E-state index contributed by atoms with van der Waals surface area (Å²) in [7, 11) is 1.31. The number of rotatable bonds is 4. The van der Waals surface area contributed by atoms with E-state index in [1.807, 2.05) is 0 Å². The summed E-state index contributed by atoms with van der Waals surface area (Å²) in [6.45, 7) is 5.71. The zero-order valence-electron chi connectivity index (χ0n) is 13.3. The van der Waals surface area contributed by atoms with Gasteiger partial charge in [0.2, 0.25) is 0 Å². The molecule has 6 nitrogen and oxygen atoms in total. The van der Waals surface area contributed by atoms with Gasteiger partial charge in [-0.2, -0.15) is 0 Å². The lowest BCUT2D eigenvalue weighted by Crippen LogP contribution is -2.32. The van der Waals surface area contributed by atoms with Gasteiger partial charge in [-0.15, -0.1) is 0 Å². The fourth-order valence-corrected chi connectivity index (χ4v) is 1.61. The van der Waals surface area contributed by atoms with E-state index < -0.39 is 17.7 Å². The predicted molar refractivity (Wildman–Crippen MR) is 85.5 cm³/mol. The number of nitrogens with two attached hydrogens (primary N) is 1. The van der Waals surface area contributed by atoms with Gasteiger partial charge in [-0.25, -0.2) is 9.59 Å². The summed E-state index contributed by atoms with van der Waals surface area (Å²) in [4.78, 5) is 22.8. The van der Waals surface area contributed by atoms with Crippen LogP contribution in [-0.2, 0) is 9.47 Å². The quantitative estimate of drug-likeness (QED) is 0.659. The van der Waals surface area contributed by atoms with Gasteiger partial charge in [0, 0.05) is 12.2 Å². The Balaban J connectivity index is 2.57. The first-order valence-electron chi connectivity index (χ1n) is 6.84. The van der Waals surface area contributed by atoms with Crippen molar-refractivity contribution < 1.29 is 19.1 Å². The summed E-state index contributed by atoms with van der Waals surface area (Å²) in [6, 6.07) is 4.89. The topological polar surface area (TPSA) is 90.6 Å². The molecule has 3 N–H and O–H groups in total. The van der Waals surface area contributed by atoms with Crippen LogP contribution in [-0.4, -0.2) is 31.3 Å². The van der Waals surface area contributed by atoms with Crippen LogP contribution in [0.15, 0.2) is 24.3 Å². The third-order valence-corrected chi connectivity index (χ3v) is 2.57. The summed E-state index contributed by atoms with van der Waals surface area (Å²) >= 11 is 0. The van der Waals surface area contributed by atoms with Gasteiger partial charge >= 0.3 is 12.1 Å². The monoisotopic (exact) mass is 306 g/mol. The molecule has 6 heteroatoms. The molecule has 0 saturated heterocycles. The zero-order chi connectivity index (χ0) is 16.8. The van der Waals surface area contributed by atoms with Crippen molar-refractivity contribution in [1.82, 2.24) is 5.32 Å². The number of methoxy groups -OCH3 is 1. The second kappa shape index (κ2) is 7.49. The van der Waals surface area contributed by atoms with Gasteiger partial charge in [0.15, 0.2) is 0 Å². The summed E-state index contributed by atoms with van der Waals surface area (Å²) in [5.41, 5.74) is 6.94. The van der Waals surface area contributed by atoms with Crippen molar-refractivity contribution in [2.45, 2.75) is 26.4 Å². The zero-order valence-corrected chi connectivity index (χ0v) is 13.3. The van der Waals surface area contributed by atoms with Crippen molar-refractivity contribution in [2.24, 2.45) is 0 Å². The van der Waals surface area contributed by atoms with Gasteiger partial charge < -0.3 is 20.5 Å². The average Bonchev–Trinajstić information content (AvgIpc) is 2.42. The fraction of sp³-hybridized carbons (Fsp3) is 0.375. The van der Waals surface area contributed by atoms with Crippen molar-refractivity contribution >= 4 is 23.8 Å². The van der Waals surface area contributed by atoms with E-state index in [4.69, 9.17) is 10.5 Å². The number of esters is 1. The van der Waals surface area contributed by atoms with Crippen molar-refractivity contribution in [3.05, 3.63) is 35.4 Å². The van der Waals surface area contributed by atoms with E-state index in [1.165, 1.54) is 7.11 Å². The minimum Gasteiger partial charge on any atom is -0.465 e. The number of carbonyl (C=O) groups excluding carboxylic acids is 2. The maximum Gasteiger partial charge on any atom is 0.407 e. The lowest BCUT2D eigenvalue weighted by molar-refractivity contribution is 0.0532. The number of ether oxygens (including phenoxy) is 2. The van der Waals surface area contributed by atoms with E-state index in [0.717, 1.165) is 5.56 Å². The van der Waals surface area contributed by atoms with Crippen LogP contribution >= 0.6 is 0 Å². The second-order valence-corrected chi connectivity index (χ2v) is 5.62. The van der Waals surface area contributed by atoms with E-state index in [0.29, 0.717) is 17.8 Å². The molecule has 1 rings (SSSR count). The Morgan fingerprint density at radius 3 is 2.55 bits per heavy atom. The van der Waals surface area contributed by atoms with Crippen LogP contribution in [0.1, 0.15) is 36.7 Å². The Bertz CT molecular complexity index is 574. The van der Waals surface area contributed by atoms with Crippen molar-refractivity contribution in [2.75, 3.05) is 19.4 Å². The lowest BCUT2D eigenvalue weighted by Gasteiger charge is -2.19. The Morgan fingerprint density at radius 1 is 1.32 bits per heavy atom. The van der Waals surface area contributed by atoms with Gasteiger partial charge in [0.05, 0.1) is 12.7 Å². The molecule has 0 saturated carbocycles. The minimum atomic E-state index is -0.526. The number of anilines is 1. The Hall–Kier alpha value is -2.50. The average molecular weight is 306 g/mol. The van der Waals surface area contributed by atoms with Crippen LogP contribution in [0.25, 0.3) is 6.08 Å². The van der Waals surface area contributed by atoms with E-state index in [1.54, 1.807) is 51.1 Å². The predicted octanol–water partition coefficient (Wildman–Crippen LogP) is 2.59. The fourth-order valence-electron chi connectivity index (χ4n) is 1.61. The first-order chi connectivity index (χ1) is 10.2. The normalized spacial score (nSPS) is 11.3. The van der Waals surface area contributed by atoms with Crippen LogP contribution < -0.4 is 11.1 Å². The highest BCUT2D eigenvalue weighted by Crippen LogP contribution is 2.16. The molecule has 0 aliphatic heterocycles. The third-order valence-electron chi connectivity index (χ3n) is 2.57. The van der Waals surface area contributed by atoms with E-state index in [-0.39, 0.29) is 0 Å². The van der Waals surface area contributed by atoms with E-state index in [9.17, 15) is 9.59 Å². The number of carbonyl (C=O) groups is 2. The highest BCUT2D eigenvalue weighted by atomic mass is 16.6. The van der Waals surface area contributed by atoms with Crippen LogP contribution in [0.4, 0.5) is 10.5 Å². The molecule has 0 radical (unpaired) electrons. The number of hydrogen-bond acceptors (Lipinski definition) is 5. The molecule has 0 spiro atoms. The highest BCUT2D eigenvalue weighted by Gasteiger charge is 2.15.